The van der Waals surface area contributed by atoms with Gasteiger partial charge in [-0.1, -0.05) is 30.7 Å². The van der Waals surface area contributed by atoms with Gasteiger partial charge in [0.2, 0.25) is 11.8 Å². The number of nitrogens with one attached hydrogen (secondary N) is 1. The zero-order valence-electron chi connectivity index (χ0n) is 12.2. The second-order valence-electron chi connectivity index (χ2n) is 5.37. The van der Waals surface area contributed by atoms with Gasteiger partial charge in [0, 0.05) is 11.1 Å². The van der Waals surface area contributed by atoms with Crippen molar-refractivity contribution in [2.24, 2.45) is 5.73 Å². The van der Waals surface area contributed by atoms with Crippen LogP contribution in [0.1, 0.15) is 31.9 Å². The summed E-state index contributed by atoms with van der Waals surface area (Å²) in [5, 5.41) is 2.99. The van der Waals surface area contributed by atoms with Crippen molar-refractivity contribution in [3.8, 4) is 0 Å². The van der Waals surface area contributed by atoms with Gasteiger partial charge in [-0.25, -0.2) is 0 Å². The minimum atomic E-state index is -0.363. The van der Waals surface area contributed by atoms with E-state index in [9.17, 15) is 9.59 Å². The first-order valence-corrected chi connectivity index (χ1v) is 7.42. The van der Waals surface area contributed by atoms with Crippen molar-refractivity contribution in [1.82, 2.24) is 10.2 Å². The Morgan fingerprint density at radius 2 is 2.19 bits per heavy atom. The number of imide groups is 1. The number of carbonyl (C=O) groups excluding carboxylic acids is 2. The second-order valence-corrected chi connectivity index (χ2v) is 5.80. The first-order chi connectivity index (χ1) is 9.93. The number of benzene rings is 1. The molecule has 2 rings (SSSR count). The smallest absolute Gasteiger partial charge is 0.243 e. The summed E-state index contributed by atoms with van der Waals surface area (Å²) in [6, 6.07) is 6.55. The molecule has 1 aromatic carbocycles. The molecule has 3 N–H and O–H groups in total. The highest BCUT2D eigenvalue weighted by atomic mass is 35.5. The lowest BCUT2D eigenvalue weighted by Crippen LogP contribution is -2.60. The average molecular weight is 310 g/mol. The zero-order valence-corrected chi connectivity index (χ0v) is 12.9. The van der Waals surface area contributed by atoms with Gasteiger partial charge in [0.1, 0.15) is 0 Å². The Bertz CT molecular complexity index is 547. The van der Waals surface area contributed by atoms with Gasteiger partial charge in [0.15, 0.2) is 0 Å². The van der Waals surface area contributed by atoms with Crippen LogP contribution in [0.15, 0.2) is 24.3 Å². The first kappa shape index (κ1) is 15.9. The molecule has 5 nitrogen and oxygen atoms in total. The van der Waals surface area contributed by atoms with Crippen LogP contribution in [0, 0.1) is 0 Å². The van der Waals surface area contributed by atoms with Gasteiger partial charge >= 0.3 is 0 Å². The first-order valence-electron chi connectivity index (χ1n) is 7.04. The van der Waals surface area contributed by atoms with E-state index in [0.717, 1.165) is 5.56 Å². The maximum Gasteiger partial charge on any atom is 0.243 e. The Morgan fingerprint density at radius 3 is 2.76 bits per heavy atom. The van der Waals surface area contributed by atoms with Gasteiger partial charge < -0.3 is 5.73 Å². The third-order valence-corrected chi connectivity index (χ3v) is 3.96. The topological polar surface area (TPSA) is 75.4 Å². The van der Waals surface area contributed by atoms with Crippen molar-refractivity contribution in [1.29, 1.82) is 0 Å². The summed E-state index contributed by atoms with van der Waals surface area (Å²) in [5.74, 6) is -0.557. The van der Waals surface area contributed by atoms with Crippen molar-refractivity contribution >= 4 is 23.4 Å². The van der Waals surface area contributed by atoms with Gasteiger partial charge in [0.25, 0.3) is 0 Å². The lowest BCUT2D eigenvalue weighted by atomic mass is 9.95. The molecule has 2 amide bonds. The molecule has 1 aromatic rings. The third kappa shape index (κ3) is 3.43. The quantitative estimate of drug-likeness (QED) is 0.826. The molecule has 0 radical (unpaired) electrons. The van der Waals surface area contributed by atoms with E-state index >= 15 is 0 Å². The van der Waals surface area contributed by atoms with Crippen molar-refractivity contribution in [3.63, 3.8) is 0 Å². The van der Waals surface area contributed by atoms with Crippen LogP contribution in [0.3, 0.4) is 0 Å². The van der Waals surface area contributed by atoms with Crippen molar-refractivity contribution < 1.29 is 9.59 Å². The number of carbonyl (C=O) groups is 2. The van der Waals surface area contributed by atoms with Crippen LogP contribution in [-0.4, -0.2) is 35.3 Å². The number of amides is 2. The standard InChI is InChI=1S/C15H20ClN3O2/c1-3-12-15(21)18-13(20)8-19(12)14(9(2)17)10-5-4-6-11(16)7-10/h4-7,9,12,14H,3,8,17H2,1-2H3,(H,18,20,21). The number of hydrogen-bond acceptors (Lipinski definition) is 4. The summed E-state index contributed by atoms with van der Waals surface area (Å²) < 4.78 is 0. The maximum atomic E-state index is 12.0. The Kier molecular flexibility index (Phi) is 4.98. The van der Waals surface area contributed by atoms with E-state index < -0.39 is 0 Å². The van der Waals surface area contributed by atoms with Crippen LogP contribution in [0.5, 0.6) is 0 Å². The van der Waals surface area contributed by atoms with Gasteiger partial charge in [0.05, 0.1) is 18.6 Å². The molecule has 114 valence electrons. The average Bonchev–Trinajstić information content (AvgIpc) is 2.38. The minimum absolute atomic E-state index is 0.156. The van der Waals surface area contributed by atoms with E-state index in [4.69, 9.17) is 17.3 Å². The third-order valence-electron chi connectivity index (χ3n) is 3.72. The summed E-state index contributed by atoms with van der Waals surface area (Å²) in [5.41, 5.74) is 7.04. The molecule has 0 saturated carbocycles. The highest BCUT2D eigenvalue weighted by molar-refractivity contribution is 6.30. The van der Waals surface area contributed by atoms with E-state index in [1.165, 1.54) is 0 Å². The molecule has 21 heavy (non-hydrogen) atoms. The van der Waals surface area contributed by atoms with Crippen LogP contribution >= 0.6 is 11.6 Å². The molecule has 1 saturated heterocycles. The lowest BCUT2D eigenvalue weighted by Gasteiger charge is -2.41. The van der Waals surface area contributed by atoms with Crippen molar-refractivity contribution in [2.45, 2.75) is 38.4 Å². The van der Waals surface area contributed by atoms with Crippen LogP contribution in [0.4, 0.5) is 0 Å². The number of halogens is 1. The molecule has 0 bridgehead atoms. The van der Waals surface area contributed by atoms with E-state index in [2.05, 4.69) is 5.32 Å². The summed E-state index contributed by atoms with van der Waals surface area (Å²) in [4.78, 5) is 25.6. The van der Waals surface area contributed by atoms with Crippen LogP contribution in [0.25, 0.3) is 0 Å². The maximum absolute atomic E-state index is 12.0. The normalized spacial score (nSPS) is 22.8. The highest BCUT2D eigenvalue weighted by Crippen LogP contribution is 2.29. The monoisotopic (exact) mass is 309 g/mol. The number of nitrogens with zero attached hydrogens (tertiary/aromatic N) is 1. The van der Waals surface area contributed by atoms with Gasteiger partial charge in [-0.05, 0) is 31.0 Å². The predicted octanol–water partition coefficient (Wildman–Crippen LogP) is 1.47. The lowest BCUT2D eigenvalue weighted by molar-refractivity contribution is -0.142. The van der Waals surface area contributed by atoms with E-state index in [1.807, 2.05) is 36.9 Å². The molecule has 0 aliphatic carbocycles. The molecule has 6 heteroatoms. The van der Waals surface area contributed by atoms with E-state index in [-0.39, 0.29) is 36.5 Å². The largest absolute Gasteiger partial charge is 0.326 e. The second kappa shape index (κ2) is 6.56. The fraction of sp³-hybridized carbons (Fsp3) is 0.467. The van der Waals surface area contributed by atoms with Crippen LogP contribution < -0.4 is 11.1 Å². The Labute approximate surface area is 129 Å². The highest BCUT2D eigenvalue weighted by Gasteiger charge is 2.38. The minimum Gasteiger partial charge on any atom is -0.326 e. The fourth-order valence-electron chi connectivity index (χ4n) is 2.89. The van der Waals surface area contributed by atoms with Gasteiger partial charge in [-0.15, -0.1) is 0 Å². The Morgan fingerprint density at radius 1 is 1.48 bits per heavy atom. The number of rotatable bonds is 4. The number of piperazine rings is 1. The van der Waals surface area contributed by atoms with E-state index in [0.29, 0.717) is 11.4 Å². The SMILES string of the molecule is CCC1C(=O)NC(=O)CN1C(c1cccc(Cl)c1)C(C)N. The van der Waals surface area contributed by atoms with Crippen LogP contribution in [0.2, 0.25) is 5.02 Å². The molecule has 1 aliphatic heterocycles. The predicted molar refractivity (Wildman–Crippen MR) is 81.8 cm³/mol. The van der Waals surface area contributed by atoms with E-state index in [1.54, 1.807) is 6.07 Å². The van der Waals surface area contributed by atoms with Gasteiger partial charge in [-0.3, -0.25) is 19.8 Å². The van der Waals surface area contributed by atoms with Crippen molar-refractivity contribution in [2.75, 3.05) is 6.54 Å². The molecule has 1 heterocycles. The molecular formula is C15H20ClN3O2. The summed E-state index contributed by atoms with van der Waals surface area (Å²) in [7, 11) is 0. The molecule has 3 atom stereocenters. The zero-order chi connectivity index (χ0) is 15.6. The molecule has 3 unspecified atom stereocenters. The molecule has 1 aliphatic rings. The summed E-state index contributed by atoms with van der Waals surface area (Å²) >= 11 is 6.05. The Hall–Kier alpha value is -1.43. The molecular weight excluding hydrogens is 290 g/mol. The van der Waals surface area contributed by atoms with Crippen molar-refractivity contribution in [3.05, 3.63) is 34.9 Å². The fourth-order valence-corrected chi connectivity index (χ4v) is 3.09. The molecule has 0 spiro atoms. The Balaban J connectivity index is 2.40. The molecule has 0 aromatic heterocycles. The molecule has 1 fully saturated rings. The van der Waals surface area contributed by atoms with Gasteiger partial charge in [-0.2, -0.15) is 0 Å². The number of hydrogen-bond donors (Lipinski definition) is 2. The summed E-state index contributed by atoms with van der Waals surface area (Å²) in [6.07, 6.45) is 0.614. The number of nitrogens with two attached hydrogens (primary N) is 1. The van der Waals surface area contributed by atoms with Crippen LogP contribution in [-0.2, 0) is 9.59 Å². The summed E-state index contributed by atoms with van der Waals surface area (Å²) in [6.45, 7) is 3.95.